The SMILES string of the molecule is CC(C)(C)C(=O)O[C@@H]1CCN(c2c(N)cnc3c2CCC3)C[C@@H]1N. The van der Waals surface area contributed by atoms with Gasteiger partial charge >= 0.3 is 5.97 Å². The van der Waals surface area contributed by atoms with Gasteiger partial charge in [0, 0.05) is 25.2 Å². The highest BCUT2D eigenvalue weighted by Gasteiger charge is 2.34. The van der Waals surface area contributed by atoms with Crippen molar-refractivity contribution in [1.82, 2.24) is 4.98 Å². The number of hydrogen-bond donors (Lipinski definition) is 2. The van der Waals surface area contributed by atoms with Gasteiger partial charge in [-0.15, -0.1) is 0 Å². The summed E-state index contributed by atoms with van der Waals surface area (Å²) in [4.78, 5) is 18.8. The minimum Gasteiger partial charge on any atom is -0.460 e. The van der Waals surface area contributed by atoms with E-state index in [9.17, 15) is 4.79 Å². The molecule has 1 aromatic heterocycles. The molecule has 3 rings (SSSR count). The van der Waals surface area contributed by atoms with E-state index in [0.717, 1.165) is 43.6 Å². The molecule has 0 radical (unpaired) electrons. The average molecular weight is 332 g/mol. The minimum atomic E-state index is -0.507. The Morgan fingerprint density at radius 1 is 1.38 bits per heavy atom. The molecule has 4 N–H and O–H groups in total. The van der Waals surface area contributed by atoms with Crippen molar-refractivity contribution in [1.29, 1.82) is 0 Å². The predicted molar refractivity (Wildman–Crippen MR) is 94.8 cm³/mol. The Bertz CT molecular complexity index is 639. The number of hydrogen-bond acceptors (Lipinski definition) is 6. The number of piperidine rings is 1. The van der Waals surface area contributed by atoms with Gasteiger partial charge in [0.1, 0.15) is 6.10 Å². The third-order valence-corrected chi connectivity index (χ3v) is 4.89. The van der Waals surface area contributed by atoms with Crippen LogP contribution in [0, 0.1) is 5.41 Å². The van der Waals surface area contributed by atoms with E-state index < -0.39 is 5.41 Å². The molecule has 6 heteroatoms. The Morgan fingerprint density at radius 3 is 2.79 bits per heavy atom. The van der Waals surface area contributed by atoms with Crippen molar-refractivity contribution in [2.45, 2.75) is 58.6 Å². The topological polar surface area (TPSA) is 94.5 Å². The Morgan fingerprint density at radius 2 is 2.12 bits per heavy atom. The number of aromatic nitrogens is 1. The number of anilines is 2. The van der Waals surface area contributed by atoms with E-state index in [-0.39, 0.29) is 18.1 Å². The van der Waals surface area contributed by atoms with E-state index in [2.05, 4.69) is 9.88 Å². The van der Waals surface area contributed by atoms with Crippen LogP contribution in [0.1, 0.15) is 44.9 Å². The van der Waals surface area contributed by atoms with Crippen molar-refractivity contribution in [2.24, 2.45) is 11.1 Å². The minimum absolute atomic E-state index is 0.194. The Labute approximate surface area is 143 Å². The number of carbonyl (C=O) groups is 1. The number of ether oxygens (including phenoxy) is 1. The van der Waals surface area contributed by atoms with Gasteiger partial charge in [-0.05, 0) is 45.6 Å². The van der Waals surface area contributed by atoms with Gasteiger partial charge in [0.15, 0.2) is 0 Å². The predicted octanol–water partition coefficient (Wildman–Crippen LogP) is 1.65. The van der Waals surface area contributed by atoms with Crippen molar-refractivity contribution < 1.29 is 9.53 Å². The van der Waals surface area contributed by atoms with Gasteiger partial charge in [-0.2, -0.15) is 0 Å². The van der Waals surface area contributed by atoms with Crippen LogP contribution >= 0.6 is 0 Å². The van der Waals surface area contributed by atoms with Gasteiger partial charge in [0.25, 0.3) is 0 Å². The van der Waals surface area contributed by atoms with Crippen LogP contribution in [-0.2, 0) is 22.4 Å². The molecular formula is C18H28N4O2. The summed E-state index contributed by atoms with van der Waals surface area (Å²) in [6.07, 6.45) is 5.43. The van der Waals surface area contributed by atoms with Crippen LogP contribution in [0.3, 0.4) is 0 Å². The first kappa shape index (κ1) is 17.0. The summed E-state index contributed by atoms with van der Waals surface area (Å²) in [5.74, 6) is -0.194. The van der Waals surface area contributed by atoms with Gasteiger partial charge in [0.05, 0.1) is 29.0 Å². The third-order valence-electron chi connectivity index (χ3n) is 4.89. The lowest BCUT2D eigenvalue weighted by atomic mass is 9.96. The maximum absolute atomic E-state index is 12.1. The van der Waals surface area contributed by atoms with Gasteiger partial charge in [0.2, 0.25) is 0 Å². The molecule has 1 fully saturated rings. The van der Waals surface area contributed by atoms with E-state index in [1.165, 1.54) is 5.56 Å². The zero-order valence-electron chi connectivity index (χ0n) is 14.8. The third kappa shape index (κ3) is 3.20. The van der Waals surface area contributed by atoms with Crippen LogP contribution in [0.4, 0.5) is 11.4 Å². The summed E-state index contributed by atoms with van der Waals surface area (Å²) in [6.45, 7) is 7.00. The number of nitrogens with two attached hydrogens (primary N) is 2. The smallest absolute Gasteiger partial charge is 0.311 e. The number of aryl methyl sites for hydroxylation is 1. The maximum atomic E-state index is 12.1. The monoisotopic (exact) mass is 332 g/mol. The number of nitrogens with zero attached hydrogens (tertiary/aromatic N) is 2. The number of nitrogen functional groups attached to an aromatic ring is 1. The molecule has 24 heavy (non-hydrogen) atoms. The molecule has 2 aliphatic rings. The van der Waals surface area contributed by atoms with Gasteiger partial charge in [-0.3, -0.25) is 9.78 Å². The fraction of sp³-hybridized carbons (Fsp3) is 0.667. The molecule has 1 aromatic rings. The van der Waals surface area contributed by atoms with E-state index in [1.807, 2.05) is 20.8 Å². The number of carbonyl (C=O) groups excluding carboxylic acids is 1. The van der Waals surface area contributed by atoms with Crippen LogP contribution in [0.5, 0.6) is 0 Å². The molecule has 2 heterocycles. The quantitative estimate of drug-likeness (QED) is 0.800. The van der Waals surface area contributed by atoms with E-state index in [4.69, 9.17) is 16.2 Å². The summed E-state index contributed by atoms with van der Waals surface area (Å²) in [7, 11) is 0. The van der Waals surface area contributed by atoms with Crippen molar-refractivity contribution >= 4 is 17.3 Å². The van der Waals surface area contributed by atoms with Gasteiger partial charge < -0.3 is 21.1 Å². The lowest BCUT2D eigenvalue weighted by molar-refractivity contribution is -0.160. The highest BCUT2D eigenvalue weighted by atomic mass is 16.5. The fourth-order valence-electron chi connectivity index (χ4n) is 3.51. The second-order valence-electron chi connectivity index (χ2n) is 7.93. The largest absolute Gasteiger partial charge is 0.460 e. The zero-order chi connectivity index (χ0) is 17.5. The first-order chi connectivity index (χ1) is 11.3. The molecule has 0 unspecified atom stereocenters. The second kappa shape index (κ2) is 6.24. The van der Waals surface area contributed by atoms with Crippen LogP contribution in [0.15, 0.2) is 6.20 Å². The van der Waals surface area contributed by atoms with Crippen molar-refractivity contribution in [3.05, 3.63) is 17.5 Å². The molecule has 0 amide bonds. The van der Waals surface area contributed by atoms with E-state index >= 15 is 0 Å². The lowest BCUT2D eigenvalue weighted by Crippen LogP contribution is -2.53. The molecular weight excluding hydrogens is 304 g/mol. The Balaban J connectivity index is 1.73. The van der Waals surface area contributed by atoms with Crippen molar-refractivity contribution in [3.63, 3.8) is 0 Å². The Hall–Kier alpha value is -1.82. The molecule has 0 spiro atoms. The molecule has 1 saturated heterocycles. The van der Waals surface area contributed by atoms with Gasteiger partial charge in [-0.1, -0.05) is 0 Å². The Kier molecular flexibility index (Phi) is 4.42. The van der Waals surface area contributed by atoms with Crippen LogP contribution in [0.25, 0.3) is 0 Å². The summed E-state index contributed by atoms with van der Waals surface area (Å²) >= 11 is 0. The number of fused-ring (bicyclic) bond motifs is 1. The molecule has 2 atom stereocenters. The number of pyridine rings is 1. The fourth-order valence-corrected chi connectivity index (χ4v) is 3.51. The van der Waals surface area contributed by atoms with Crippen LogP contribution in [0.2, 0.25) is 0 Å². The normalized spacial score (nSPS) is 23.9. The van der Waals surface area contributed by atoms with Crippen LogP contribution in [-0.4, -0.2) is 36.2 Å². The molecule has 6 nitrogen and oxygen atoms in total. The average Bonchev–Trinajstić information content (AvgIpc) is 2.96. The second-order valence-corrected chi connectivity index (χ2v) is 7.93. The van der Waals surface area contributed by atoms with E-state index in [0.29, 0.717) is 12.2 Å². The highest BCUT2D eigenvalue weighted by Crippen LogP contribution is 2.36. The first-order valence-corrected chi connectivity index (χ1v) is 8.75. The summed E-state index contributed by atoms with van der Waals surface area (Å²) < 4.78 is 5.64. The highest BCUT2D eigenvalue weighted by molar-refractivity contribution is 5.76. The zero-order valence-corrected chi connectivity index (χ0v) is 14.8. The lowest BCUT2D eigenvalue weighted by Gasteiger charge is -2.39. The van der Waals surface area contributed by atoms with Gasteiger partial charge in [-0.25, -0.2) is 0 Å². The summed E-state index contributed by atoms with van der Waals surface area (Å²) in [5.41, 5.74) is 16.3. The molecule has 0 bridgehead atoms. The summed E-state index contributed by atoms with van der Waals surface area (Å²) in [6, 6.07) is -0.213. The molecule has 0 saturated carbocycles. The number of rotatable bonds is 2. The molecule has 1 aliphatic heterocycles. The number of esters is 1. The first-order valence-electron chi connectivity index (χ1n) is 8.75. The van der Waals surface area contributed by atoms with E-state index in [1.54, 1.807) is 6.20 Å². The maximum Gasteiger partial charge on any atom is 0.311 e. The van der Waals surface area contributed by atoms with Crippen molar-refractivity contribution in [2.75, 3.05) is 23.7 Å². The van der Waals surface area contributed by atoms with Crippen molar-refractivity contribution in [3.8, 4) is 0 Å². The molecule has 1 aliphatic carbocycles. The summed E-state index contributed by atoms with van der Waals surface area (Å²) in [5, 5.41) is 0. The molecule has 132 valence electrons. The van der Waals surface area contributed by atoms with Crippen LogP contribution < -0.4 is 16.4 Å². The standard InChI is InChI=1S/C18H28N4O2/c1-18(2,3)17(23)24-15-7-8-22(10-13(15)20)16-11-5-4-6-14(11)21-9-12(16)19/h9,13,15H,4-8,10,19-20H2,1-3H3/t13-,15+/m0/s1. The molecule has 0 aromatic carbocycles.